The minimum atomic E-state index is -0.820. The highest BCUT2D eigenvalue weighted by Crippen LogP contribution is 2.18. The second kappa shape index (κ2) is 7.40. The molecule has 5 heteroatoms. The van der Waals surface area contributed by atoms with Crippen LogP contribution in [0.15, 0.2) is 18.3 Å². The van der Waals surface area contributed by atoms with Crippen LogP contribution in [0, 0.1) is 4.64 Å². The molecule has 1 aromatic rings. The van der Waals surface area contributed by atoms with E-state index in [1.54, 1.807) is 18.3 Å². The van der Waals surface area contributed by atoms with Gasteiger partial charge in [0.15, 0.2) is 0 Å². The topological polar surface area (TPSA) is 65.1 Å². The van der Waals surface area contributed by atoms with Gasteiger partial charge >= 0.3 is 0 Å². The maximum absolute atomic E-state index is 12.0. The summed E-state index contributed by atoms with van der Waals surface area (Å²) in [6, 6.07) is 3.40. The first-order valence-electron chi connectivity index (χ1n) is 6.70. The molecule has 0 spiro atoms. The fourth-order valence-electron chi connectivity index (χ4n) is 2.17. The number of rotatable bonds is 7. The molecule has 19 heavy (non-hydrogen) atoms. The summed E-state index contributed by atoms with van der Waals surface area (Å²) < 4.78 is 0.412. The van der Waals surface area contributed by atoms with Crippen LogP contribution in [-0.4, -0.2) is 28.1 Å². The Hall–Kier alpha value is -1.20. The van der Waals surface area contributed by atoms with Crippen molar-refractivity contribution < 1.29 is 9.90 Å². The Labute approximate surface area is 119 Å². The number of nitrogens with one attached hydrogen (secondary N) is 2. The number of amides is 1. The van der Waals surface area contributed by atoms with Crippen molar-refractivity contribution in [2.75, 3.05) is 6.54 Å². The van der Waals surface area contributed by atoms with Crippen LogP contribution < -0.4 is 5.32 Å². The smallest absolute Gasteiger partial charge is 0.254 e. The first kappa shape index (κ1) is 15.9. The van der Waals surface area contributed by atoms with E-state index in [-0.39, 0.29) is 12.5 Å². The van der Waals surface area contributed by atoms with Crippen LogP contribution in [0.5, 0.6) is 0 Å². The largest absolute Gasteiger partial charge is 0.388 e. The number of carbonyl (C=O) groups excluding carboxylic acids is 1. The van der Waals surface area contributed by atoms with E-state index >= 15 is 0 Å². The van der Waals surface area contributed by atoms with Gasteiger partial charge in [0.05, 0.1) is 11.2 Å². The molecule has 1 rings (SSSR count). The number of H-pyrrole nitrogens is 1. The quantitative estimate of drug-likeness (QED) is 0.674. The third kappa shape index (κ3) is 4.76. The summed E-state index contributed by atoms with van der Waals surface area (Å²) in [6.45, 7) is 4.31. The van der Waals surface area contributed by atoms with Gasteiger partial charge in [-0.2, -0.15) is 0 Å². The van der Waals surface area contributed by atoms with E-state index < -0.39 is 5.60 Å². The van der Waals surface area contributed by atoms with Crippen LogP contribution in [0.25, 0.3) is 0 Å². The van der Waals surface area contributed by atoms with Crippen LogP contribution >= 0.6 is 12.2 Å². The number of aromatic nitrogens is 1. The molecule has 0 aliphatic heterocycles. The molecule has 106 valence electrons. The molecule has 0 aliphatic carbocycles. The summed E-state index contributed by atoms with van der Waals surface area (Å²) in [4.78, 5) is 14.8. The maximum Gasteiger partial charge on any atom is 0.254 e. The van der Waals surface area contributed by atoms with E-state index in [9.17, 15) is 9.90 Å². The third-order valence-corrected chi connectivity index (χ3v) is 3.41. The van der Waals surface area contributed by atoms with Gasteiger partial charge in [-0.3, -0.25) is 4.79 Å². The van der Waals surface area contributed by atoms with Gasteiger partial charge < -0.3 is 15.4 Å². The molecule has 3 N–H and O–H groups in total. The Kier molecular flexibility index (Phi) is 6.18. The van der Waals surface area contributed by atoms with Crippen molar-refractivity contribution in [2.24, 2.45) is 0 Å². The van der Waals surface area contributed by atoms with Crippen molar-refractivity contribution in [3.05, 3.63) is 28.5 Å². The Morgan fingerprint density at radius 3 is 2.58 bits per heavy atom. The molecule has 0 saturated heterocycles. The molecule has 0 radical (unpaired) electrons. The Morgan fingerprint density at radius 1 is 1.42 bits per heavy atom. The number of aromatic amines is 1. The third-order valence-electron chi connectivity index (χ3n) is 3.07. The summed E-state index contributed by atoms with van der Waals surface area (Å²) in [5.41, 5.74) is -0.382. The number of hydrogen-bond donors (Lipinski definition) is 3. The van der Waals surface area contributed by atoms with E-state index in [2.05, 4.69) is 10.3 Å². The monoisotopic (exact) mass is 282 g/mol. The minimum Gasteiger partial charge on any atom is -0.388 e. The van der Waals surface area contributed by atoms with Crippen molar-refractivity contribution in [2.45, 2.75) is 45.1 Å². The average Bonchev–Trinajstić information content (AvgIpc) is 2.37. The number of hydrogen-bond acceptors (Lipinski definition) is 3. The summed E-state index contributed by atoms with van der Waals surface area (Å²) in [5.74, 6) is -0.243. The van der Waals surface area contributed by atoms with Gasteiger partial charge in [0.25, 0.3) is 5.91 Å². The molecule has 1 amide bonds. The summed E-state index contributed by atoms with van der Waals surface area (Å²) >= 11 is 5.06. The molecule has 0 atom stereocenters. The van der Waals surface area contributed by atoms with Crippen LogP contribution in [0.3, 0.4) is 0 Å². The SMILES string of the molecule is CCCC(O)(CCC)CNC(=O)c1ccc[nH]c1=S. The highest BCUT2D eigenvalue weighted by Gasteiger charge is 2.25. The van der Waals surface area contributed by atoms with Gasteiger partial charge in [-0.15, -0.1) is 0 Å². The molecule has 1 heterocycles. The number of pyridine rings is 1. The van der Waals surface area contributed by atoms with Gasteiger partial charge in [0.2, 0.25) is 0 Å². The van der Waals surface area contributed by atoms with Crippen molar-refractivity contribution in [3.8, 4) is 0 Å². The Bertz CT molecular complexity index is 465. The van der Waals surface area contributed by atoms with Gasteiger partial charge in [-0.05, 0) is 25.0 Å². The van der Waals surface area contributed by atoms with Gasteiger partial charge in [0.1, 0.15) is 4.64 Å². The summed E-state index contributed by atoms with van der Waals surface area (Å²) in [6.07, 6.45) is 4.82. The van der Waals surface area contributed by atoms with Crippen molar-refractivity contribution in [3.63, 3.8) is 0 Å². The van der Waals surface area contributed by atoms with Crippen LogP contribution in [-0.2, 0) is 0 Å². The lowest BCUT2D eigenvalue weighted by Crippen LogP contribution is -2.43. The van der Waals surface area contributed by atoms with Gasteiger partial charge in [-0.25, -0.2) is 0 Å². The first-order chi connectivity index (χ1) is 9.02. The maximum atomic E-state index is 12.0. The number of carbonyl (C=O) groups is 1. The molecule has 0 fully saturated rings. The second-order valence-electron chi connectivity index (χ2n) is 4.82. The zero-order valence-corrected chi connectivity index (χ0v) is 12.3. The molecular formula is C14H22N2O2S. The molecule has 0 saturated carbocycles. The Morgan fingerprint density at radius 2 is 2.05 bits per heavy atom. The first-order valence-corrected chi connectivity index (χ1v) is 7.11. The van der Waals surface area contributed by atoms with E-state index in [1.807, 2.05) is 13.8 Å². The molecule has 0 aliphatic rings. The lowest BCUT2D eigenvalue weighted by atomic mass is 9.92. The second-order valence-corrected chi connectivity index (χ2v) is 5.23. The van der Waals surface area contributed by atoms with E-state index in [0.717, 1.165) is 12.8 Å². The predicted octanol–water partition coefficient (Wildman–Crippen LogP) is 2.81. The van der Waals surface area contributed by atoms with E-state index in [1.165, 1.54) is 0 Å². The highest BCUT2D eigenvalue weighted by atomic mass is 32.1. The highest BCUT2D eigenvalue weighted by molar-refractivity contribution is 7.71. The molecule has 1 aromatic heterocycles. The number of aliphatic hydroxyl groups is 1. The van der Waals surface area contributed by atoms with Gasteiger partial charge in [-0.1, -0.05) is 38.9 Å². The van der Waals surface area contributed by atoms with Crippen LogP contribution in [0.1, 0.15) is 49.9 Å². The lowest BCUT2D eigenvalue weighted by Gasteiger charge is -2.27. The van der Waals surface area contributed by atoms with Crippen molar-refractivity contribution in [1.82, 2.24) is 10.3 Å². The van der Waals surface area contributed by atoms with E-state index in [4.69, 9.17) is 12.2 Å². The average molecular weight is 282 g/mol. The molecule has 0 unspecified atom stereocenters. The molecule has 4 nitrogen and oxygen atoms in total. The van der Waals surface area contributed by atoms with Crippen LogP contribution in [0.4, 0.5) is 0 Å². The lowest BCUT2D eigenvalue weighted by molar-refractivity contribution is 0.0213. The zero-order chi connectivity index (χ0) is 14.3. The summed E-state index contributed by atoms with van der Waals surface area (Å²) in [7, 11) is 0. The minimum absolute atomic E-state index is 0.243. The van der Waals surface area contributed by atoms with E-state index in [0.29, 0.717) is 23.0 Å². The van der Waals surface area contributed by atoms with Crippen molar-refractivity contribution >= 4 is 18.1 Å². The normalized spacial score (nSPS) is 11.3. The summed E-state index contributed by atoms with van der Waals surface area (Å²) in [5, 5.41) is 13.2. The molecule has 0 bridgehead atoms. The van der Waals surface area contributed by atoms with Crippen LogP contribution in [0.2, 0.25) is 0 Å². The zero-order valence-electron chi connectivity index (χ0n) is 11.5. The fraction of sp³-hybridized carbons (Fsp3) is 0.571. The predicted molar refractivity (Wildman–Crippen MR) is 78.7 cm³/mol. The standard InChI is InChI=1S/C14H22N2O2S/c1-3-7-14(18,8-4-2)10-16-12(17)11-6-5-9-15-13(11)19/h5-6,9,18H,3-4,7-8,10H2,1-2H3,(H,15,19)(H,16,17). The van der Waals surface area contributed by atoms with Crippen molar-refractivity contribution in [1.29, 1.82) is 0 Å². The van der Waals surface area contributed by atoms with Gasteiger partial charge in [0, 0.05) is 12.7 Å². The molecular weight excluding hydrogens is 260 g/mol. The fourth-order valence-corrected chi connectivity index (χ4v) is 2.40. The molecule has 0 aromatic carbocycles. The Balaban J connectivity index is 2.67.